The van der Waals surface area contributed by atoms with Crippen LogP contribution in [0.25, 0.3) is 11.3 Å². The number of methoxy groups -OCH3 is 2. The van der Waals surface area contributed by atoms with Crippen molar-refractivity contribution in [3.05, 3.63) is 16.6 Å². The molecular weight excluding hydrogens is 351 g/mol. The van der Waals surface area contributed by atoms with Crippen LogP contribution in [-0.4, -0.2) is 51.4 Å². The molecule has 2 heterocycles. The number of rotatable bonds is 5. The Morgan fingerprint density at radius 2 is 2.00 bits per heavy atom. The molecule has 0 spiro atoms. The standard InChI is InChI=1S/C15H18N2O4Se/c1-15(2)14-13(16-17-22-14)9-7-11(19-4)12(8-10(9)21-15)20-6-5-18-3/h7-8H,5-6H2,1-4H3. The Bertz CT molecular complexity index is 684. The fraction of sp³-hybridized carbons (Fsp3) is 0.467. The van der Waals surface area contributed by atoms with Crippen molar-refractivity contribution in [2.45, 2.75) is 19.4 Å². The summed E-state index contributed by atoms with van der Waals surface area (Å²) in [6, 6.07) is 3.76. The minimum absolute atomic E-state index is 0.00258. The molecule has 0 aliphatic carbocycles. The van der Waals surface area contributed by atoms with Gasteiger partial charge in [-0.15, -0.1) is 0 Å². The summed E-state index contributed by atoms with van der Waals surface area (Å²) in [5.41, 5.74) is 1.42. The van der Waals surface area contributed by atoms with Crippen molar-refractivity contribution in [3.63, 3.8) is 0 Å². The zero-order valence-electron chi connectivity index (χ0n) is 13.0. The summed E-state index contributed by atoms with van der Waals surface area (Å²) >= 11 is -0.00258. The summed E-state index contributed by atoms with van der Waals surface area (Å²) in [5.74, 6) is 2.03. The van der Waals surface area contributed by atoms with Crippen LogP contribution in [0.2, 0.25) is 0 Å². The number of benzene rings is 1. The molecule has 1 aromatic carbocycles. The SMILES string of the molecule is COCCOc1cc2c(cc1OC)-c1nn[se]c1C(C)(C)O2. The van der Waals surface area contributed by atoms with Gasteiger partial charge < -0.3 is 0 Å². The van der Waals surface area contributed by atoms with Crippen molar-refractivity contribution >= 4 is 14.7 Å². The van der Waals surface area contributed by atoms with E-state index >= 15 is 0 Å². The number of ether oxygens (including phenoxy) is 4. The third-order valence-corrected chi connectivity index (χ3v) is 5.63. The molecule has 118 valence electrons. The predicted molar refractivity (Wildman–Crippen MR) is 82.0 cm³/mol. The summed E-state index contributed by atoms with van der Waals surface area (Å²) in [6.45, 7) is 5.04. The van der Waals surface area contributed by atoms with E-state index < -0.39 is 5.60 Å². The first-order chi connectivity index (χ1) is 10.6. The van der Waals surface area contributed by atoms with Crippen molar-refractivity contribution in [1.82, 2.24) is 9.19 Å². The molecule has 1 aliphatic rings. The molecule has 0 bridgehead atoms. The Morgan fingerprint density at radius 3 is 2.73 bits per heavy atom. The Kier molecular flexibility index (Phi) is 4.12. The number of hydrogen-bond donors (Lipinski definition) is 0. The van der Waals surface area contributed by atoms with Gasteiger partial charge in [0.1, 0.15) is 0 Å². The zero-order chi connectivity index (χ0) is 15.7. The second kappa shape index (κ2) is 5.91. The Balaban J connectivity index is 2.04. The first-order valence-corrected chi connectivity index (χ1v) is 8.55. The first-order valence-electron chi connectivity index (χ1n) is 6.93. The van der Waals surface area contributed by atoms with Crippen LogP contribution in [0.5, 0.6) is 17.2 Å². The van der Waals surface area contributed by atoms with Gasteiger partial charge >= 0.3 is 135 Å². The zero-order valence-corrected chi connectivity index (χ0v) is 14.7. The summed E-state index contributed by atoms with van der Waals surface area (Å²) in [5, 5.41) is 4.31. The van der Waals surface area contributed by atoms with E-state index in [0.717, 1.165) is 21.4 Å². The predicted octanol–water partition coefficient (Wildman–Crippen LogP) is 1.86. The van der Waals surface area contributed by atoms with E-state index in [1.807, 2.05) is 26.0 Å². The molecule has 0 atom stereocenters. The van der Waals surface area contributed by atoms with E-state index in [1.165, 1.54) is 0 Å². The molecule has 6 nitrogen and oxygen atoms in total. The van der Waals surface area contributed by atoms with Crippen LogP contribution in [0.4, 0.5) is 0 Å². The van der Waals surface area contributed by atoms with Crippen molar-refractivity contribution < 1.29 is 18.9 Å². The molecule has 0 fully saturated rings. The average Bonchev–Trinajstić information content (AvgIpc) is 2.97. The van der Waals surface area contributed by atoms with Crippen molar-refractivity contribution in [1.29, 1.82) is 0 Å². The average molecular weight is 369 g/mol. The van der Waals surface area contributed by atoms with Crippen LogP contribution >= 0.6 is 0 Å². The van der Waals surface area contributed by atoms with Gasteiger partial charge in [0.15, 0.2) is 0 Å². The van der Waals surface area contributed by atoms with E-state index in [4.69, 9.17) is 18.9 Å². The van der Waals surface area contributed by atoms with Crippen LogP contribution in [-0.2, 0) is 10.3 Å². The monoisotopic (exact) mass is 370 g/mol. The number of aromatic nitrogens is 2. The second-order valence-corrected chi connectivity index (χ2v) is 6.99. The number of hydrogen-bond acceptors (Lipinski definition) is 6. The molecule has 0 saturated carbocycles. The van der Waals surface area contributed by atoms with Gasteiger partial charge in [0.2, 0.25) is 0 Å². The van der Waals surface area contributed by atoms with E-state index in [2.05, 4.69) is 9.19 Å². The molecule has 0 amide bonds. The molecule has 0 radical (unpaired) electrons. The van der Waals surface area contributed by atoms with E-state index in [1.54, 1.807) is 14.2 Å². The van der Waals surface area contributed by atoms with Crippen LogP contribution in [0.3, 0.4) is 0 Å². The third-order valence-electron chi connectivity index (χ3n) is 3.47. The van der Waals surface area contributed by atoms with Crippen LogP contribution in [0.1, 0.15) is 18.3 Å². The van der Waals surface area contributed by atoms with E-state index in [9.17, 15) is 0 Å². The van der Waals surface area contributed by atoms with Crippen molar-refractivity contribution in [2.75, 3.05) is 27.4 Å². The second-order valence-electron chi connectivity index (χ2n) is 5.40. The van der Waals surface area contributed by atoms with Gasteiger partial charge in [-0.25, -0.2) is 0 Å². The summed E-state index contributed by atoms with van der Waals surface area (Å²) in [4.78, 5) is 0. The van der Waals surface area contributed by atoms with Gasteiger partial charge in [-0.3, -0.25) is 0 Å². The summed E-state index contributed by atoms with van der Waals surface area (Å²) < 4.78 is 27.7. The minimum atomic E-state index is -0.399. The quantitative estimate of drug-likeness (QED) is 0.592. The molecule has 1 aliphatic heterocycles. The van der Waals surface area contributed by atoms with E-state index in [-0.39, 0.29) is 14.7 Å². The maximum atomic E-state index is 6.15. The number of fused-ring (bicyclic) bond motifs is 3. The van der Waals surface area contributed by atoms with Crippen molar-refractivity contribution in [3.8, 4) is 28.5 Å². The molecule has 0 unspecified atom stereocenters. The molecule has 0 N–H and O–H groups in total. The molecule has 22 heavy (non-hydrogen) atoms. The van der Waals surface area contributed by atoms with E-state index in [0.29, 0.717) is 24.7 Å². The fourth-order valence-electron chi connectivity index (χ4n) is 2.40. The van der Waals surface area contributed by atoms with Gasteiger partial charge in [0, 0.05) is 0 Å². The van der Waals surface area contributed by atoms with Gasteiger partial charge in [0.25, 0.3) is 0 Å². The molecule has 7 heteroatoms. The molecule has 2 aromatic rings. The Labute approximate surface area is 135 Å². The molecule has 3 rings (SSSR count). The normalized spacial score (nSPS) is 14.7. The molecule has 1 aromatic heterocycles. The Hall–Kier alpha value is -1.56. The maximum absolute atomic E-state index is 6.15. The number of nitrogens with zero attached hydrogens (tertiary/aromatic N) is 2. The Morgan fingerprint density at radius 1 is 1.18 bits per heavy atom. The van der Waals surface area contributed by atoms with Gasteiger partial charge in [-0.1, -0.05) is 0 Å². The van der Waals surface area contributed by atoms with Crippen molar-refractivity contribution in [2.24, 2.45) is 0 Å². The van der Waals surface area contributed by atoms with Gasteiger partial charge in [-0.2, -0.15) is 0 Å². The molecule has 0 saturated heterocycles. The van der Waals surface area contributed by atoms with Crippen LogP contribution < -0.4 is 14.2 Å². The summed E-state index contributed by atoms with van der Waals surface area (Å²) in [6.07, 6.45) is 0. The summed E-state index contributed by atoms with van der Waals surface area (Å²) in [7, 11) is 3.26. The van der Waals surface area contributed by atoms with Gasteiger partial charge in [0.05, 0.1) is 0 Å². The molecular formula is C15H18N2O4Se. The van der Waals surface area contributed by atoms with Gasteiger partial charge in [-0.05, 0) is 0 Å². The topological polar surface area (TPSA) is 62.7 Å². The van der Waals surface area contributed by atoms with Crippen LogP contribution in [0, 0.1) is 0 Å². The first kappa shape index (κ1) is 15.3. The fourth-order valence-corrected chi connectivity index (χ4v) is 3.88. The van der Waals surface area contributed by atoms with Crippen LogP contribution in [0.15, 0.2) is 12.1 Å². The third kappa shape index (κ3) is 2.60.